The number of anilines is 1. The summed E-state index contributed by atoms with van der Waals surface area (Å²) in [5.74, 6) is 0.645. The summed E-state index contributed by atoms with van der Waals surface area (Å²) in [5, 5.41) is 0.359. The first kappa shape index (κ1) is 16.6. The van der Waals surface area contributed by atoms with Crippen LogP contribution in [0.5, 0.6) is 0 Å². The largest absolute Gasteiger partial charge is 0.398 e. The van der Waals surface area contributed by atoms with Crippen LogP contribution in [0.4, 0.5) is 5.69 Å². The van der Waals surface area contributed by atoms with Crippen LogP contribution in [0.25, 0.3) is 0 Å². The Morgan fingerprint density at radius 2 is 1.95 bits per heavy atom. The predicted molar refractivity (Wildman–Crippen MR) is 87.0 cm³/mol. The van der Waals surface area contributed by atoms with Gasteiger partial charge in [-0.1, -0.05) is 31.4 Å². The van der Waals surface area contributed by atoms with Gasteiger partial charge in [0.2, 0.25) is 10.0 Å². The van der Waals surface area contributed by atoms with Gasteiger partial charge in [-0.2, -0.15) is 4.31 Å². The van der Waals surface area contributed by atoms with Gasteiger partial charge in [-0.15, -0.1) is 0 Å². The molecule has 118 valence electrons. The number of rotatable bonds is 4. The molecule has 0 spiro atoms. The minimum Gasteiger partial charge on any atom is -0.398 e. The summed E-state index contributed by atoms with van der Waals surface area (Å²) >= 11 is 5.97. The third kappa shape index (κ3) is 3.52. The zero-order valence-electron chi connectivity index (χ0n) is 12.6. The van der Waals surface area contributed by atoms with E-state index in [4.69, 9.17) is 17.3 Å². The molecule has 2 rings (SSSR count). The highest BCUT2D eigenvalue weighted by atomic mass is 35.5. The fourth-order valence-electron chi connectivity index (χ4n) is 2.93. The van der Waals surface area contributed by atoms with Crippen LogP contribution in [-0.4, -0.2) is 25.8 Å². The van der Waals surface area contributed by atoms with Gasteiger partial charge in [-0.05, 0) is 43.4 Å². The number of nitrogens with zero attached hydrogens (tertiary/aromatic N) is 1. The van der Waals surface area contributed by atoms with Crippen LogP contribution in [0.1, 0.15) is 38.2 Å². The van der Waals surface area contributed by atoms with Gasteiger partial charge in [0, 0.05) is 23.8 Å². The summed E-state index contributed by atoms with van der Waals surface area (Å²) in [6, 6.07) is 3.09. The number of hydrogen-bond acceptors (Lipinski definition) is 3. The normalized spacial score (nSPS) is 18.0. The third-order valence-corrected chi connectivity index (χ3v) is 6.50. The number of piperidine rings is 1. The van der Waals surface area contributed by atoms with Crippen molar-refractivity contribution in [3.05, 3.63) is 22.7 Å². The lowest BCUT2D eigenvalue weighted by molar-refractivity contribution is 0.262. The van der Waals surface area contributed by atoms with Gasteiger partial charge in [-0.25, -0.2) is 8.42 Å². The van der Waals surface area contributed by atoms with Crippen molar-refractivity contribution in [3.8, 4) is 0 Å². The molecule has 1 aromatic carbocycles. The molecule has 0 bridgehead atoms. The van der Waals surface area contributed by atoms with E-state index in [1.807, 2.05) is 0 Å². The number of hydrogen-bond donors (Lipinski definition) is 1. The molecule has 0 unspecified atom stereocenters. The van der Waals surface area contributed by atoms with Crippen molar-refractivity contribution in [2.75, 3.05) is 18.8 Å². The SMILES string of the molecule is CCCC1CCN(S(=O)(=O)c2cc(Cl)cc(N)c2C)CC1. The van der Waals surface area contributed by atoms with E-state index in [9.17, 15) is 8.42 Å². The molecular weight excluding hydrogens is 308 g/mol. The molecule has 1 aliphatic heterocycles. The summed E-state index contributed by atoms with van der Waals surface area (Å²) in [6.45, 7) is 5.06. The molecule has 0 aromatic heterocycles. The highest BCUT2D eigenvalue weighted by molar-refractivity contribution is 7.89. The molecular formula is C15H23ClN2O2S. The van der Waals surface area contributed by atoms with Crippen molar-refractivity contribution in [3.63, 3.8) is 0 Å². The van der Waals surface area contributed by atoms with Crippen molar-refractivity contribution >= 4 is 27.3 Å². The van der Waals surface area contributed by atoms with E-state index in [0.717, 1.165) is 19.3 Å². The lowest BCUT2D eigenvalue weighted by Crippen LogP contribution is -2.38. The average Bonchev–Trinajstić information content (AvgIpc) is 2.43. The van der Waals surface area contributed by atoms with Gasteiger partial charge >= 0.3 is 0 Å². The molecule has 0 atom stereocenters. The Morgan fingerprint density at radius 1 is 1.33 bits per heavy atom. The lowest BCUT2D eigenvalue weighted by atomic mass is 9.94. The van der Waals surface area contributed by atoms with Crippen molar-refractivity contribution in [1.29, 1.82) is 0 Å². The highest BCUT2D eigenvalue weighted by Crippen LogP contribution is 2.31. The molecule has 1 heterocycles. The van der Waals surface area contributed by atoms with Gasteiger partial charge in [0.25, 0.3) is 0 Å². The van der Waals surface area contributed by atoms with Gasteiger partial charge < -0.3 is 5.73 Å². The van der Waals surface area contributed by atoms with Crippen LogP contribution in [0.2, 0.25) is 5.02 Å². The molecule has 2 N–H and O–H groups in total. The summed E-state index contributed by atoms with van der Waals surface area (Å²) < 4.78 is 27.1. The Morgan fingerprint density at radius 3 is 2.52 bits per heavy atom. The fraction of sp³-hybridized carbons (Fsp3) is 0.600. The maximum absolute atomic E-state index is 12.8. The molecule has 0 saturated carbocycles. The number of halogens is 1. The van der Waals surface area contributed by atoms with Crippen LogP contribution in [-0.2, 0) is 10.0 Å². The van der Waals surface area contributed by atoms with E-state index in [1.165, 1.54) is 12.5 Å². The maximum atomic E-state index is 12.8. The number of nitrogen functional groups attached to an aromatic ring is 1. The number of sulfonamides is 1. The predicted octanol–water partition coefficient (Wildman–Crippen LogP) is 3.43. The molecule has 1 aliphatic rings. The lowest BCUT2D eigenvalue weighted by Gasteiger charge is -2.31. The molecule has 0 amide bonds. The van der Waals surface area contributed by atoms with E-state index in [0.29, 0.717) is 35.3 Å². The first-order valence-corrected chi connectivity index (χ1v) is 9.23. The fourth-order valence-corrected chi connectivity index (χ4v) is 4.97. The third-order valence-electron chi connectivity index (χ3n) is 4.25. The number of nitrogens with two attached hydrogens (primary N) is 1. The minimum atomic E-state index is -3.51. The average molecular weight is 331 g/mol. The standard InChI is InChI=1S/C15H23ClN2O2S/c1-3-4-12-5-7-18(8-6-12)21(19,20)15-10-13(16)9-14(17)11(15)2/h9-10,12H,3-8,17H2,1-2H3. The first-order chi connectivity index (χ1) is 9.86. The molecule has 1 aromatic rings. The second-order valence-electron chi connectivity index (χ2n) is 5.75. The Labute approximate surface area is 132 Å². The molecule has 6 heteroatoms. The van der Waals surface area contributed by atoms with Crippen LogP contribution in [0, 0.1) is 12.8 Å². The maximum Gasteiger partial charge on any atom is 0.243 e. The Hall–Kier alpha value is -0.780. The zero-order chi connectivity index (χ0) is 15.6. The Bertz CT molecular complexity index is 608. The van der Waals surface area contributed by atoms with Gasteiger partial charge in [0.15, 0.2) is 0 Å². The van der Waals surface area contributed by atoms with E-state index in [2.05, 4.69) is 6.92 Å². The van der Waals surface area contributed by atoms with Gasteiger partial charge in [0.1, 0.15) is 0 Å². The van der Waals surface area contributed by atoms with Gasteiger partial charge in [-0.3, -0.25) is 0 Å². The zero-order valence-corrected chi connectivity index (χ0v) is 14.2. The Kier molecular flexibility index (Phi) is 5.17. The second kappa shape index (κ2) is 6.55. The van der Waals surface area contributed by atoms with E-state index < -0.39 is 10.0 Å². The smallest absolute Gasteiger partial charge is 0.243 e. The molecule has 21 heavy (non-hydrogen) atoms. The molecule has 0 radical (unpaired) electrons. The highest BCUT2D eigenvalue weighted by Gasteiger charge is 2.30. The van der Waals surface area contributed by atoms with Crippen LogP contribution < -0.4 is 5.73 Å². The number of benzene rings is 1. The molecule has 4 nitrogen and oxygen atoms in total. The van der Waals surface area contributed by atoms with Crippen LogP contribution in [0.15, 0.2) is 17.0 Å². The van der Waals surface area contributed by atoms with Crippen LogP contribution in [0.3, 0.4) is 0 Å². The van der Waals surface area contributed by atoms with Crippen molar-refractivity contribution in [1.82, 2.24) is 4.31 Å². The topological polar surface area (TPSA) is 63.4 Å². The second-order valence-corrected chi connectivity index (χ2v) is 8.10. The van der Waals surface area contributed by atoms with E-state index in [-0.39, 0.29) is 4.90 Å². The van der Waals surface area contributed by atoms with E-state index >= 15 is 0 Å². The van der Waals surface area contributed by atoms with Crippen molar-refractivity contribution < 1.29 is 8.42 Å². The quantitative estimate of drug-likeness (QED) is 0.860. The van der Waals surface area contributed by atoms with E-state index in [1.54, 1.807) is 17.3 Å². The van der Waals surface area contributed by atoms with Crippen molar-refractivity contribution in [2.24, 2.45) is 5.92 Å². The Balaban J connectivity index is 2.24. The first-order valence-electron chi connectivity index (χ1n) is 7.42. The molecule has 1 saturated heterocycles. The molecule has 1 fully saturated rings. The molecule has 0 aliphatic carbocycles. The summed E-state index contributed by atoms with van der Waals surface area (Å²) in [4.78, 5) is 0.237. The summed E-state index contributed by atoms with van der Waals surface area (Å²) in [6.07, 6.45) is 4.20. The minimum absolute atomic E-state index is 0.237. The van der Waals surface area contributed by atoms with Gasteiger partial charge in [0.05, 0.1) is 4.90 Å². The summed E-state index contributed by atoms with van der Waals surface area (Å²) in [7, 11) is -3.51. The van der Waals surface area contributed by atoms with Crippen LogP contribution >= 0.6 is 11.6 Å². The summed E-state index contributed by atoms with van der Waals surface area (Å²) in [5.41, 5.74) is 6.84. The monoisotopic (exact) mass is 330 g/mol. The van der Waals surface area contributed by atoms with Crippen molar-refractivity contribution in [2.45, 2.75) is 44.4 Å².